The Kier molecular flexibility index (Phi) is 6.84. The van der Waals surface area contributed by atoms with E-state index < -0.39 is 0 Å². The molecular weight excluding hydrogens is 424 g/mol. The van der Waals surface area contributed by atoms with E-state index in [0.29, 0.717) is 29.8 Å². The summed E-state index contributed by atoms with van der Waals surface area (Å²) in [4.78, 5) is 31.0. The Labute approximate surface area is 191 Å². The van der Waals surface area contributed by atoms with Crippen LogP contribution in [0.4, 0.5) is 5.69 Å². The molecule has 4 rings (SSSR count). The van der Waals surface area contributed by atoms with Crippen LogP contribution >= 0.6 is 11.8 Å². The Balaban J connectivity index is 1.52. The summed E-state index contributed by atoms with van der Waals surface area (Å²) >= 11 is 1.30. The highest BCUT2D eigenvalue weighted by Gasteiger charge is 2.24. The van der Waals surface area contributed by atoms with Crippen LogP contribution in [0.2, 0.25) is 0 Å². The van der Waals surface area contributed by atoms with E-state index in [4.69, 9.17) is 0 Å². The molecule has 32 heavy (non-hydrogen) atoms. The molecule has 0 aliphatic carbocycles. The number of amides is 2. The molecule has 0 unspecified atom stereocenters. The number of carbonyl (C=O) groups excluding carboxylic acids is 2. The van der Waals surface area contributed by atoms with E-state index in [1.54, 1.807) is 11.1 Å². The van der Waals surface area contributed by atoms with Crippen LogP contribution in [0.15, 0.2) is 47.8 Å². The fourth-order valence-electron chi connectivity index (χ4n) is 3.76. The third-order valence-corrected chi connectivity index (χ3v) is 6.35. The number of thioether (sulfide) groups is 1. The number of anilines is 1. The molecule has 3 aromatic rings. The van der Waals surface area contributed by atoms with Gasteiger partial charge in [0, 0.05) is 24.8 Å². The zero-order valence-corrected chi connectivity index (χ0v) is 19.1. The average Bonchev–Trinajstić information content (AvgIpc) is 3.40. The minimum absolute atomic E-state index is 0.106. The van der Waals surface area contributed by atoms with Crippen molar-refractivity contribution in [1.29, 1.82) is 0 Å². The molecule has 2 amide bonds. The van der Waals surface area contributed by atoms with Crippen molar-refractivity contribution in [3.8, 4) is 5.82 Å². The summed E-state index contributed by atoms with van der Waals surface area (Å²) < 4.78 is 1.83. The number of carbonyl (C=O) groups is 2. The lowest BCUT2D eigenvalue weighted by Crippen LogP contribution is -2.26. The minimum atomic E-state index is -0.106. The summed E-state index contributed by atoms with van der Waals surface area (Å²) in [5.41, 5.74) is 3.02. The number of hydrogen-bond acceptors (Lipinski definition) is 6. The lowest BCUT2D eigenvalue weighted by Gasteiger charge is -2.16. The second-order valence-electron chi connectivity index (χ2n) is 7.64. The minimum Gasteiger partial charge on any atom is -0.335 e. The van der Waals surface area contributed by atoms with Crippen LogP contribution < -0.4 is 5.32 Å². The molecular formula is C23H26N6O2S. The summed E-state index contributed by atoms with van der Waals surface area (Å²) in [6.45, 7) is 5.15. The summed E-state index contributed by atoms with van der Waals surface area (Å²) in [6.07, 6.45) is 3.97. The van der Waals surface area contributed by atoms with Gasteiger partial charge >= 0.3 is 0 Å². The number of benzene rings is 1. The Bertz CT molecular complexity index is 1110. The maximum absolute atomic E-state index is 12.7. The van der Waals surface area contributed by atoms with E-state index in [9.17, 15) is 9.59 Å². The van der Waals surface area contributed by atoms with Gasteiger partial charge in [-0.1, -0.05) is 43.0 Å². The monoisotopic (exact) mass is 450 g/mol. The first-order chi connectivity index (χ1) is 15.6. The summed E-state index contributed by atoms with van der Waals surface area (Å²) in [6, 6.07) is 11.6. The Hall–Kier alpha value is -3.20. The van der Waals surface area contributed by atoms with E-state index in [0.717, 1.165) is 36.2 Å². The molecule has 9 heteroatoms. The second-order valence-corrected chi connectivity index (χ2v) is 8.58. The average molecular weight is 451 g/mol. The largest absolute Gasteiger partial charge is 0.335 e. The highest BCUT2D eigenvalue weighted by Crippen LogP contribution is 2.25. The van der Waals surface area contributed by atoms with Gasteiger partial charge in [-0.2, -0.15) is 0 Å². The van der Waals surface area contributed by atoms with E-state index in [-0.39, 0.29) is 17.6 Å². The van der Waals surface area contributed by atoms with Crippen molar-refractivity contribution < 1.29 is 9.59 Å². The zero-order chi connectivity index (χ0) is 22.5. The Morgan fingerprint density at radius 3 is 2.78 bits per heavy atom. The predicted octanol–water partition coefficient (Wildman–Crippen LogP) is 3.39. The van der Waals surface area contributed by atoms with E-state index in [1.807, 2.05) is 47.9 Å². The number of aromatic nitrogens is 4. The lowest BCUT2D eigenvalue weighted by atomic mass is 10.1. The van der Waals surface area contributed by atoms with Crippen LogP contribution in [0.1, 0.15) is 36.7 Å². The standard InChI is InChI=1S/C23H26N6O2S/c1-3-17-9-6-8-16(2)22(17)25-20(30)15-32-23-27-26-19(14-28-13-7-11-21(28)31)29(23)18-10-4-5-12-24-18/h4-6,8-10,12H,3,7,11,13-15H2,1-2H3,(H,25,30). The molecule has 1 aliphatic rings. The lowest BCUT2D eigenvalue weighted by molar-refractivity contribution is -0.128. The molecule has 1 fully saturated rings. The SMILES string of the molecule is CCc1cccc(C)c1NC(=O)CSc1nnc(CN2CCCC2=O)n1-c1ccccn1. The van der Waals surface area contributed by atoms with Crippen molar-refractivity contribution in [1.82, 2.24) is 24.6 Å². The van der Waals surface area contributed by atoms with Gasteiger partial charge in [-0.05, 0) is 43.0 Å². The number of pyridine rings is 1. The molecule has 166 valence electrons. The van der Waals surface area contributed by atoms with Gasteiger partial charge in [0.15, 0.2) is 11.0 Å². The van der Waals surface area contributed by atoms with Crippen LogP contribution in [0.3, 0.4) is 0 Å². The fraction of sp³-hybridized carbons (Fsp3) is 0.348. The highest BCUT2D eigenvalue weighted by molar-refractivity contribution is 7.99. The van der Waals surface area contributed by atoms with Crippen molar-refractivity contribution in [3.63, 3.8) is 0 Å². The second kappa shape index (κ2) is 9.95. The third-order valence-electron chi connectivity index (χ3n) is 5.42. The van der Waals surface area contributed by atoms with Gasteiger partial charge < -0.3 is 10.2 Å². The third kappa shape index (κ3) is 4.83. The van der Waals surface area contributed by atoms with Gasteiger partial charge in [0.05, 0.1) is 12.3 Å². The summed E-state index contributed by atoms with van der Waals surface area (Å²) in [7, 11) is 0. The van der Waals surface area contributed by atoms with Crippen LogP contribution in [0.25, 0.3) is 5.82 Å². The van der Waals surface area contributed by atoms with Gasteiger partial charge in [0.25, 0.3) is 0 Å². The van der Waals surface area contributed by atoms with Gasteiger partial charge in [0.1, 0.15) is 5.82 Å². The normalized spacial score (nSPS) is 13.6. The fourth-order valence-corrected chi connectivity index (χ4v) is 4.52. The molecule has 1 aromatic carbocycles. The van der Waals surface area contributed by atoms with Gasteiger partial charge in [-0.15, -0.1) is 10.2 Å². The first-order valence-corrected chi connectivity index (χ1v) is 11.7. The van der Waals surface area contributed by atoms with E-state index in [1.165, 1.54) is 11.8 Å². The first-order valence-electron chi connectivity index (χ1n) is 10.7. The van der Waals surface area contributed by atoms with Crippen molar-refractivity contribution in [3.05, 3.63) is 59.5 Å². The van der Waals surface area contributed by atoms with Crippen molar-refractivity contribution in [2.45, 2.75) is 44.8 Å². The number of likely N-dealkylation sites (tertiary alicyclic amines) is 1. The van der Waals surface area contributed by atoms with Crippen molar-refractivity contribution in [2.24, 2.45) is 0 Å². The molecule has 8 nitrogen and oxygen atoms in total. The van der Waals surface area contributed by atoms with Gasteiger partial charge in [0.2, 0.25) is 11.8 Å². The van der Waals surface area contributed by atoms with E-state index >= 15 is 0 Å². The Morgan fingerprint density at radius 2 is 2.06 bits per heavy atom. The topological polar surface area (TPSA) is 93.0 Å². The highest BCUT2D eigenvalue weighted by atomic mass is 32.2. The number of aryl methyl sites for hydroxylation is 2. The van der Waals surface area contributed by atoms with Crippen LogP contribution in [0, 0.1) is 6.92 Å². The molecule has 0 bridgehead atoms. The molecule has 1 aliphatic heterocycles. The molecule has 0 saturated carbocycles. The number of para-hydroxylation sites is 1. The molecule has 0 atom stereocenters. The Morgan fingerprint density at radius 1 is 1.19 bits per heavy atom. The van der Waals surface area contributed by atoms with Crippen LogP contribution in [-0.2, 0) is 22.6 Å². The van der Waals surface area contributed by atoms with Gasteiger partial charge in [-0.3, -0.25) is 14.2 Å². The van der Waals surface area contributed by atoms with Crippen molar-refractivity contribution >= 4 is 29.3 Å². The first kappa shape index (κ1) is 22.0. The summed E-state index contributed by atoms with van der Waals surface area (Å²) in [5.74, 6) is 1.50. The molecule has 1 saturated heterocycles. The quantitative estimate of drug-likeness (QED) is 0.529. The smallest absolute Gasteiger partial charge is 0.234 e. The molecule has 3 heterocycles. The predicted molar refractivity (Wildman–Crippen MR) is 124 cm³/mol. The molecule has 0 radical (unpaired) electrons. The van der Waals surface area contributed by atoms with E-state index in [2.05, 4.69) is 27.4 Å². The summed E-state index contributed by atoms with van der Waals surface area (Å²) in [5, 5.41) is 12.2. The van der Waals surface area contributed by atoms with Crippen molar-refractivity contribution in [2.75, 3.05) is 17.6 Å². The number of rotatable bonds is 8. The molecule has 2 aromatic heterocycles. The molecule has 1 N–H and O–H groups in total. The molecule has 0 spiro atoms. The van der Waals surface area contributed by atoms with Gasteiger partial charge in [-0.25, -0.2) is 4.98 Å². The van der Waals surface area contributed by atoms with Crippen LogP contribution in [-0.4, -0.2) is 48.8 Å². The van der Waals surface area contributed by atoms with Crippen LogP contribution in [0.5, 0.6) is 0 Å². The number of nitrogens with zero attached hydrogens (tertiary/aromatic N) is 5. The number of nitrogens with one attached hydrogen (secondary N) is 1. The maximum atomic E-state index is 12.7. The zero-order valence-electron chi connectivity index (χ0n) is 18.2. The maximum Gasteiger partial charge on any atom is 0.234 e. The number of hydrogen-bond donors (Lipinski definition) is 1.